The van der Waals surface area contributed by atoms with Crippen LogP contribution in [0.3, 0.4) is 0 Å². The van der Waals surface area contributed by atoms with E-state index in [1.165, 1.54) is 38.5 Å². The van der Waals surface area contributed by atoms with Crippen LogP contribution in [-0.4, -0.2) is 41.9 Å². The van der Waals surface area contributed by atoms with Gasteiger partial charge in [0.25, 0.3) is 5.91 Å². The van der Waals surface area contributed by atoms with Gasteiger partial charge in [0.05, 0.1) is 0 Å². The third kappa shape index (κ3) is 4.18. The number of likely N-dealkylation sites (tertiary alicyclic amines) is 1. The number of carbonyl (C=O) groups is 2. The molecule has 0 unspecified atom stereocenters. The summed E-state index contributed by atoms with van der Waals surface area (Å²) in [6.45, 7) is 1.27. The molecule has 4 bridgehead atoms. The minimum Gasteiger partial charge on any atom is -0.484 e. The average Bonchev–Trinajstić information content (AvgIpc) is 2.72. The van der Waals surface area contributed by atoms with E-state index in [0.29, 0.717) is 23.9 Å². The molecule has 5 aliphatic rings. The third-order valence-electron chi connectivity index (χ3n) is 7.82. The van der Waals surface area contributed by atoms with Crippen LogP contribution in [-0.2, 0) is 9.59 Å². The maximum atomic E-state index is 13.0. The topological polar surface area (TPSA) is 58.6 Å². The summed E-state index contributed by atoms with van der Waals surface area (Å²) in [6, 6.07) is 7.01. The fraction of sp³-hybridized carbons (Fsp3) is 0.667. The van der Waals surface area contributed by atoms with E-state index in [9.17, 15) is 9.59 Å². The minimum atomic E-state index is -0.0232. The average molecular weight is 431 g/mol. The second-order valence-corrected chi connectivity index (χ2v) is 10.5. The van der Waals surface area contributed by atoms with Crippen LogP contribution in [0, 0.1) is 23.7 Å². The van der Waals surface area contributed by atoms with Gasteiger partial charge in [0.15, 0.2) is 6.61 Å². The van der Waals surface area contributed by atoms with Gasteiger partial charge in [-0.15, -0.1) is 0 Å². The first-order valence-corrected chi connectivity index (χ1v) is 11.8. The molecule has 0 aromatic heterocycles. The first kappa shape index (κ1) is 20.2. The zero-order valence-corrected chi connectivity index (χ0v) is 18.2. The molecular weight excluding hydrogens is 400 g/mol. The van der Waals surface area contributed by atoms with Crippen LogP contribution in [0.4, 0.5) is 0 Å². The molecule has 2 amide bonds. The van der Waals surface area contributed by atoms with Crippen LogP contribution in [0.25, 0.3) is 0 Å². The summed E-state index contributed by atoms with van der Waals surface area (Å²) in [5.74, 6) is 3.35. The van der Waals surface area contributed by atoms with Crippen LogP contribution in [0.5, 0.6) is 5.75 Å². The second kappa shape index (κ2) is 8.07. The van der Waals surface area contributed by atoms with E-state index in [2.05, 4.69) is 5.32 Å². The van der Waals surface area contributed by atoms with E-state index < -0.39 is 0 Å². The van der Waals surface area contributed by atoms with Crippen molar-refractivity contribution < 1.29 is 14.3 Å². The largest absolute Gasteiger partial charge is 0.484 e. The van der Waals surface area contributed by atoms with Crippen molar-refractivity contribution in [2.45, 2.75) is 56.9 Å². The highest BCUT2D eigenvalue weighted by Gasteiger charge is 2.51. The van der Waals surface area contributed by atoms with Gasteiger partial charge in [-0.05, 0) is 93.4 Å². The Hall–Kier alpha value is -1.75. The van der Waals surface area contributed by atoms with Gasteiger partial charge < -0.3 is 15.0 Å². The van der Waals surface area contributed by atoms with Crippen molar-refractivity contribution in [2.75, 3.05) is 19.7 Å². The SMILES string of the molecule is O=C(NC12CC3CC(CC(C3)C1)C2)C1CCN(C(=O)COc2ccc(Cl)cc2)CC1. The van der Waals surface area contributed by atoms with Crippen LogP contribution in [0.15, 0.2) is 24.3 Å². The Morgan fingerprint density at radius 1 is 1.00 bits per heavy atom. The van der Waals surface area contributed by atoms with Crippen molar-refractivity contribution >= 4 is 23.4 Å². The fourth-order valence-electron chi connectivity index (χ4n) is 6.79. The molecule has 1 saturated heterocycles. The summed E-state index contributed by atoms with van der Waals surface area (Å²) < 4.78 is 5.58. The van der Waals surface area contributed by atoms with Crippen molar-refractivity contribution in [3.8, 4) is 5.75 Å². The Bertz CT molecular complexity index is 766. The van der Waals surface area contributed by atoms with Crippen LogP contribution in [0.1, 0.15) is 51.4 Å². The number of hydrogen-bond donors (Lipinski definition) is 1. The number of amides is 2. The van der Waals surface area contributed by atoms with E-state index in [0.717, 1.165) is 30.6 Å². The summed E-state index contributed by atoms with van der Waals surface area (Å²) in [5, 5.41) is 4.15. The van der Waals surface area contributed by atoms with E-state index in [-0.39, 0.29) is 29.9 Å². The number of rotatable bonds is 5. The molecule has 0 radical (unpaired) electrons. The normalized spacial score (nSPS) is 32.8. The summed E-state index contributed by atoms with van der Waals surface area (Å²) >= 11 is 5.87. The molecule has 1 aromatic carbocycles. The predicted octanol–water partition coefficient (Wildman–Crippen LogP) is 4.04. The Kier molecular flexibility index (Phi) is 5.42. The quantitative estimate of drug-likeness (QED) is 0.766. The molecule has 4 aliphatic carbocycles. The number of benzene rings is 1. The van der Waals surface area contributed by atoms with Gasteiger partial charge in [0.1, 0.15) is 5.75 Å². The van der Waals surface area contributed by atoms with E-state index >= 15 is 0 Å². The lowest BCUT2D eigenvalue weighted by Gasteiger charge is -2.57. The predicted molar refractivity (Wildman–Crippen MR) is 115 cm³/mol. The molecule has 1 aliphatic heterocycles. The van der Waals surface area contributed by atoms with Crippen LogP contribution < -0.4 is 10.1 Å². The molecule has 6 rings (SSSR count). The number of hydrogen-bond acceptors (Lipinski definition) is 3. The van der Waals surface area contributed by atoms with Crippen LogP contribution in [0.2, 0.25) is 5.02 Å². The molecule has 1 heterocycles. The summed E-state index contributed by atoms with van der Waals surface area (Å²) in [6.07, 6.45) is 9.18. The molecule has 1 aromatic rings. The maximum absolute atomic E-state index is 13.0. The number of piperidine rings is 1. The van der Waals surface area contributed by atoms with Crippen molar-refractivity contribution in [3.05, 3.63) is 29.3 Å². The van der Waals surface area contributed by atoms with Gasteiger partial charge in [-0.25, -0.2) is 0 Å². The Labute approximate surface area is 183 Å². The van der Waals surface area contributed by atoms with Crippen molar-refractivity contribution in [3.63, 3.8) is 0 Å². The highest BCUT2D eigenvalue weighted by Crippen LogP contribution is 2.55. The number of ether oxygens (including phenoxy) is 1. The number of nitrogens with one attached hydrogen (secondary N) is 1. The second-order valence-electron chi connectivity index (χ2n) is 10.1. The molecule has 30 heavy (non-hydrogen) atoms. The summed E-state index contributed by atoms with van der Waals surface area (Å²) in [5.41, 5.74) is 0.0746. The van der Waals surface area contributed by atoms with Gasteiger partial charge in [0.2, 0.25) is 5.91 Å². The molecule has 5 fully saturated rings. The lowest BCUT2D eigenvalue weighted by Crippen LogP contribution is -2.61. The number of carbonyl (C=O) groups excluding carboxylic acids is 2. The number of halogens is 1. The van der Waals surface area contributed by atoms with Crippen molar-refractivity contribution in [1.82, 2.24) is 10.2 Å². The zero-order valence-electron chi connectivity index (χ0n) is 17.4. The van der Waals surface area contributed by atoms with Gasteiger partial charge in [-0.3, -0.25) is 9.59 Å². The summed E-state index contributed by atoms with van der Waals surface area (Å²) in [7, 11) is 0. The lowest BCUT2D eigenvalue weighted by molar-refractivity contribution is -0.139. The smallest absolute Gasteiger partial charge is 0.260 e. The fourth-order valence-corrected chi connectivity index (χ4v) is 6.91. The highest BCUT2D eigenvalue weighted by molar-refractivity contribution is 6.30. The first-order valence-electron chi connectivity index (χ1n) is 11.5. The molecule has 5 nitrogen and oxygen atoms in total. The van der Waals surface area contributed by atoms with Crippen molar-refractivity contribution in [2.24, 2.45) is 23.7 Å². The highest BCUT2D eigenvalue weighted by atomic mass is 35.5. The summed E-state index contributed by atoms with van der Waals surface area (Å²) in [4.78, 5) is 27.4. The molecule has 162 valence electrons. The third-order valence-corrected chi connectivity index (χ3v) is 8.07. The monoisotopic (exact) mass is 430 g/mol. The molecule has 4 saturated carbocycles. The molecule has 6 heteroatoms. The molecule has 1 N–H and O–H groups in total. The van der Waals surface area contributed by atoms with Gasteiger partial charge >= 0.3 is 0 Å². The maximum Gasteiger partial charge on any atom is 0.260 e. The van der Waals surface area contributed by atoms with Crippen molar-refractivity contribution in [1.29, 1.82) is 0 Å². The van der Waals surface area contributed by atoms with Gasteiger partial charge in [0, 0.05) is 29.6 Å². The lowest BCUT2D eigenvalue weighted by atomic mass is 9.53. The Morgan fingerprint density at radius 3 is 2.13 bits per heavy atom. The van der Waals surface area contributed by atoms with E-state index in [1.54, 1.807) is 24.3 Å². The standard InChI is InChI=1S/C24H31ClN2O3/c25-20-1-3-21(4-2-20)30-15-22(28)27-7-5-19(6-8-27)23(29)26-24-12-16-9-17(13-24)11-18(10-16)14-24/h1-4,16-19H,5-15H2,(H,26,29). The number of nitrogens with zero attached hydrogens (tertiary/aromatic N) is 1. The van der Waals surface area contributed by atoms with Crippen LogP contribution >= 0.6 is 11.6 Å². The molecule has 0 atom stereocenters. The minimum absolute atomic E-state index is 0.0196. The molecular formula is C24H31ClN2O3. The molecule has 0 spiro atoms. The zero-order chi connectivity index (χ0) is 20.7. The Morgan fingerprint density at radius 2 is 1.57 bits per heavy atom. The van der Waals surface area contributed by atoms with Gasteiger partial charge in [-0.1, -0.05) is 11.6 Å². The Balaban J connectivity index is 1.09. The van der Waals surface area contributed by atoms with E-state index in [1.807, 2.05) is 4.90 Å². The van der Waals surface area contributed by atoms with E-state index in [4.69, 9.17) is 16.3 Å². The first-order chi connectivity index (χ1) is 14.5. The van der Waals surface area contributed by atoms with Gasteiger partial charge in [-0.2, -0.15) is 0 Å².